The van der Waals surface area contributed by atoms with E-state index in [1.807, 2.05) is 24.4 Å². The van der Waals surface area contributed by atoms with Gasteiger partial charge in [0, 0.05) is 11.8 Å². The maximum absolute atomic E-state index is 4.58. The van der Waals surface area contributed by atoms with Crippen LogP contribution in [0.15, 0.2) is 30.5 Å². The molecule has 0 bridgehead atoms. The predicted octanol–water partition coefficient (Wildman–Crippen LogP) is 3.45. The topological polar surface area (TPSA) is 41.6 Å². The number of aryl methyl sites for hydroxylation is 1. The normalized spacial score (nSPS) is 11.4. The van der Waals surface area contributed by atoms with Gasteiger partial charge in [-0.1, -0.05) is 31.5 Å². The van der Waals surface area contributed by atoms with Gasteiger partial charge in [0.05, 0.1) is 17.2 Å². The van der Waals surface area contributed by atoms with Crippen molar-refractivity contribution >= 4 is 21.9 Å². The number of aromatic nitrogens is 3. The van der Waals surface area contributed by atoms with E-state index in [9.17, 15) is 0 Å². The Kier molecular flexibility index (Phi) is 2.52. The molecule has 3 heteroatoms. The molecule has 0 atom stereocenters. The van der Waals surface area contributed by atoms with Gasteiger partial charge < -0.3 is 4.98 Å². The maximum Gasteiger partial charge on any atom is 0.108 e. The molecular formula is C14H15N3. The van der Waals surface area contributed by atoms with E-state index >= 15 is 0 Å². The number of para-hydroxylation sites is 1. The number of benzene rings is 1. The molecule has 0 aliphatic carbocycles. The summed E-state index contributed by atoms with van der Waals surface area (Å²) >= 11 is 0. The van der Waals surface area contributed by atoms with Gasteiger partial charge in [-0.15, -0.1) is 0 Å². The number of hydrogen-bond acceptors (Lipinski definition) is 2. The first-order chi connectivity index (χ1) is 8.38. The fourth-order valence-corrected chi connectivity index (χ4v) is 2.13. The zero-order valence-corrected chi connectivity index (χ0v) is 9.90. The quantitative estimate of drug-likeness (QED) is 0.741. The monoisotopic (exact) mass is 225 g/mol. The minimum Gasteiger partial charge on any atom is -0.341 e. The lowest BCUT2D eigenvalue weighted by Gasteiger charge is -1.96. The molecule has 0 unspecified atom stereocenters. The van der Waals surface area contributed by atoms with Crippen molar-refractivity contribution in [1.29, 1.82) is 0 Å². The summed E-state index contributed by atoms with van der Waals surface area (Å²) in [5.41, 5.74) is 3.10. The SMILES string of the molecule is CCCCc1nc2cnc3ccccc3c2[nH]1. The molecule has 3 aromatic rings. The second kappa shape index (κ2) is 4.17. The van der Waals surface area contributed by atoms with Crippen LogP contribution in [0.1, 0.15) is 25.6 Å². The van der Waals surface area contributed by atoms with Crippen molar-refractivity contribution in [2.45, 2.75) is 26.2 Å². The molecule has 1 aromatic carbocycles. The Morgan fingerprint density at radius 2 is 2.06 bits per heavy atom. The van der Waals surface area contributed by atoms with Crippen molar-refractivity contribution < 1.29 is 0 Å². The molecule has 2 aromatic heterocycles. The van der Waals surface area contributed by atoms with Crippen LogP contribution in [0.5, 0.6) is 0 Å². The number of nitrogens with zero attached hydrogens (tertiary/aromatic N) is 2. The highest BCUT2D eigenvalue weighted by molar-refractivity contribution is 6.01. The molecule has 86 valence electrons. The van der Waals surface area contributed by atoms with Crippen LogP contribution >= 0.6 is 0 Å². The number of imidazole rings is 1. The van der Waals surface area contributed by atoms with Gasteiger partial charge in [-0.3, -0.25) is 4.98 Å². The molecule has 0 amide bonds. The largest absolute Gasteiger partial charge is 0.341 e. The molecule has 1 N–H and O–H groups in total. The second-order valence-electron chi connectivity index (χ2n) is 4.32. The van der Waals surface area contributed by atoms with Crippen LogP contribution in [0.25, 0.3) is 21.9 Å². The number of unbranched alkanes of at least 4 members (excludes halogenated alkanes) is 1. The van der Waals surface area contributed by atoms with Gasteiger partial charge in [0.1, 0.15) is 11.3 Å². The summed E-state index contributed by atoms with van der Waals surface area (Å²) in [4.78, 5) is 12.4. The molecular weight excluding hydrogens is 210 g/mol. The summed E-state index contributed by atoms with van der Waals surface area (Å²) in [5.74, 6) is 1.07. The fraction of sp³-hybridized carbons (Fsp3) is 0.286. The van der Waals surface area contributed by atoms with Crippen molar-refractivity contribution in [2.24, 2.45) is 0 Å². The van der Waals surface area contributed by atoms with E-state index in [1.165, 1.54) is 12.8 Å². The number of rotatable bonds is 3. The van der Waals surface area contributed by atoms with Gasteiger partial charge in [0.25, 0.3) is 0 Å². The third-order valence-electron chi connectivity index (χ3n) is 3.05. The number of H-pyrrole nitrogens is 1. The minimum absolute atomic E-state index is 0.967. The lowest BCUT2D eigenvalue weighted by Crippen LogP contribution is -1.86. The molecule has 3 rings (SSSR count). The standard InChI is InChI=1S/C14H15N3/c1-2-3-8-13-16-12-9-15-11-7-5-4-6-10(11)14(12)17-13/h4-7,9H,2-3,8H2,1H3,(H,16,17). The Balaban J connectivity index is 2.17. The Morgan fingerprint density at radius 1 is 1.18 bits per heavy atom. The van der Waals surface area contributed by atoms with E-state index < -0.39 is 0 Å². The van der Waals surface area contributed by atoms with E-state index in [1.54, 1.807) is 0 Å². The molecule has 0 spiro atoms. The van der Waals surface area contributed by atoms with Gasteiger partial charge in [0.2, 0.25) is 0 Å². The summed E-state index contributed by atoms with van der Waals surface area (Å²) in [6.07, 6.45) is 5.23. The second-order valence-corrected chi connectivity index (χ2v) is 4.32. The number of nitrogens with one attached hydrogen (secondary N) is 1. The van der Waals surface area contributed by atoms with Crippen LogP contribution in [-0.2, 0) is 6.42 Å². The van der Waals surface area contributed by atoms with E-state index in [-0.39, 0.29) is 0 Å². The van der Waals surface area contributed by atoms with E-state index in [0.717, 1.165) is 34.2 Å². The minimum atomic E-state index is 0.967. The third kappa shape index (κ3) is 1.78. The molecule has 0 aliphatic heterocycles. The molecule has 0 saturated heterocycles. The van der Waals surface area contributed by atoms with Crippen molar-refractivity contribution in [2.75, 3.05) is 0 Å². The van der Waals surface area contributed by atoms with Gasteiger partial charge in [-0.25, -0.2) is 4.98 Å². The molecule has 0 radical (unpaired) electrons. The van der Waals surface area contributed by atoms with Crippen LogP contribution in [-0.4, -0.2) is 15.0 Å². The third-order valence-corrected chi connectivity index (χ3v) is 3.05. The highest BCUT2D eigenvalue weighted by Crippen LogP contribution is 2.21. The molecule has 17 heavy (non-hydrogen) atoms. The molecule has 0 saturated carbocycles. The van der Waals surface area contributed by atoms with E-state index in [0.29, 0.717) is 0 Å². The van der Waals surface area contributed by atoms with Crippen molar-refractivity contribution in [3.05, 3.63) is 36.3 Å². The molecule has 2 heterocycles. The van der Waals surface area contributed by atoms with Gasteiger partial charge in [-0.05, 0) is 12.5 Å². The van der Waals surface area contributed by atoms with Crippen molar-refractivity contribution in [3.8, 4) is 0 Å². The first-order valence-corrected chi connectivity index (χ1v) is 6.11. The molecule has 0 aliphatic rings. The van der Waals surface area contributed by atoms with Crippen LogP contribution in [0.2, 0.25) is 0 Å². The average molecular weight is 225 g/mol. The summed E-state index contributed by atoms with van der Waals surface area (Å²) < 4.78 is 0. The van der Waals surface area contributed by atoms with Crippen molar-refractivity contribution in [1.82, 2.24) is 15.0 Å². The molecule has 0 fully saturated rings. The number of fused-ring (bicyclic) bond motifs is 3. The first kappa shape index (κ1) is 10.3. The Bertz CT molecular complexity index is 655. The smallest absolute Gasteiger partial charge is 0.108 e. The average Bonchev–Trinajstić information content (AvgIpc) is 2.79. The van der Waals surface area contributed by atoms with Gasteiger partial charge >= 0.3 is 0 Å². The maximum atomic E-state index is 4.58. The Morgan fingerprint density at radius 3 is 2.94 bits per heavy atom. The zero-order valence-electron chi connectivity index (χ0n) is 9.90. The molecule has 3 nitrogen and oxygen atoms in total. The summed E-state index contributed by atoms with van der Waals surface area (Å²) in [6.45, 7) is 2.19. The lowest BCUT2D eigenvalue weighted by atomic mass is 10.2. The highest BCUT2D eigenvalue weighted by Gasteiger charge is 2.06. The van der Waals surface area contributed by atoms with Crippen LogP contribution in [0.4, 0.5) is 0 Å². The van der Waals surface area contributed by atoms with Crippen LogP contribution in [0, 0.1) is 0 Å². The number of pyridine rings is 1. The predicted molar refractivity (Wildman–Crippen MR) is 70.0 cm³/mol. The zero-order chi connectivity index (χ0) is 11.7. The lowest BCUT2D eigenvalue weighted by molar-refractivity contribution is 0.765. The summed E-state index contributed by atoms with van der Waals surface area (Å²) in [7, 11) is 0. The van der Waals surface area contributed by atoms with Gasteiger partial charge in [-0.2, -0.15) is 0 Å². The van der Waals surface area contributed by atoms with Crippen molar-refractivity contribution in [3.63, 3.8) is 0 Å². The Labute approximate surface area is 99.9 Å². The number of hydrogen-bond donors (Lipinski definition) is 1. The number of aromatic amines is 1. The summed E-state index contributed by atoms with van der Waals surface area (Å²) in [6, 6.07) is 8.17. The first-order valence-electron chi connectivity index (χ1n) is 6.11. The van der Waals surface area contributed by atoms with E-state index in [2.05, 4.69) is 27.9 Å². The van der Waals surface area contributed by atoms with Gasteiger partial charge in [0.15, 0.2) is 0 Å². The Hall–Kier alpha value is -1.90. The van der Waals surface area contributed by atoms with Crippen LogP contribution < -0.4 is 0 Å². The summed E-state index contributed by atoms with van der Waals surface area (Å²) in [5, 5.41) is 1.15. The van der Waals surface area contributed by atoms with Crippen LogP contribution in [0.3, 0.4) is 0 Å². The van der Waals surface area contributed by atoms with E-state index in [4.69, 9.17) is 0 Å². The highest BCUT2D eigenvalue weighted by atomic mass is 14.9. The fourth-order valence-electron chi connectivity index (χ4n) is 2.13.